The van der Waals surface area contributed by atoms with Crippen LogP contribution in [0.3, 0.4) is 0 Å². The third-order valence-corrected chi connectivity index (χ3v) is 3.41. The smallest absolute Gasteiger partial charge is 0.0609 e. The third kappa shape index (κ3) is 0.611. The molecule has 4 atom stereocenters. The molecular weight excluding hydrogens is 128 g/mol. The Morgan fingerprint density at radius 2 is 2.00 bits per heavy atom. The molecule has 2 nitrogen and oxygen atoms in total. The van der Waals surface area contributed by atoms with Gasteiger partial charge in [-0.2, -0.15) is 0 Å². The molecule has 2 heteroatoms. The molecule has 1 saturated heterocycles. The van der Waals surface area contributed by atoms with E-state index in [1.807, 2.05) is 0 Å². The third-order valence-electron chi connectivity index (χ3n) is 3.41. The molecule has 1 heterocycles. The number of rotatable bonds is 0. The van der Waals surface area contributed by atoms with Crippen LogP contribution in [0.25, 0.3) is 0 Å². The van der Waals surface area contributed by atoms with Crippen molar-refractivity contribution in [1.82, 2.24) is 0 Å². The van der Waals surface area contributed by atoms with Crippen molar-refractivity contribution >= 4 is 0 Å². The second-order valence-electron chi connectivity index (χ2n) is 3.87. The van der Waals surface area contributed by atoms with Crippen molar-refractivity contribution in [2.45, 2.75) is 25.4 Å². The van der Waals surface area contributed by atoms with E-state index >= 15 is 0 Å². The lowest BCUT2D eigenvalue weighted by atomic mass is 9.90. The largest absolute Gasteiger partial charge is 0.412 e. The minimum absolute atomic E-state index is 0. The molecule has 0 aromatic carbocycles. The van der Waals surface area contributed by atoms with Crippen molar-refractivity contribution in [3.05, 3.63) is 0 Å². The van der Waals surface area contributed by atoms with Gasteiger partial charge in [0.25, 0.3) is 0 Å². The first kappa shape index (κ1) is 6.62. The highest BCUT2D eigenvalue weighted by Gasteiger charge is 2.50. The first-order valence-electron chi connectivity index (χ1n) is 4.05. The summed E-state index contributed by atoms with van der Waals surface area (Å²) in [5.74, 6) is 3.04. The Kier molecular flexibility index (Phi) is 1.29. The number of fused-ring (bicyclic) bond motifs is 1. The molecule has 2 N–H and O–H groups in total. The molecule has 0 aromatic heterocycles. The maximum absolute atomic E-state index is 5.63. The molecule has 1 aliphatic heterocycles. The van der Waals surface area contributed by atoms with Gasteiger partial charge in [-0.1, -0.05) is 0 Å². The Balaban J connectivity index is 0.000000403. The molecule has 3 aliphatic rings. The van der Waals surface area contributed by atoms with E-state index in [0.29, 0.717) is 6.10 Å². The van der Waals surface area contributed by atoms with E-state index in [1.54, 1.807) is 0 Å². The highest BCUT2D eigenvalue weighted by atomic mass is 16.5. The second-order valence-corrected chi connectivity index (χ2v) is 3.87. The first-order chi connectivity index (χ1) is 4.43. The number of hydrogen-bond donors (Lipinski definition) is 0. The average molecular weight is 142 g/mol. The van der Waals surface area contributed by atoms with Gasteiger partial charge in [0.15, 0.2) is 0 Å². The van der Waals surface area contributed by atoms with Crippen molar-refractivity contribution in [2.75, 3.05) is 6.61 Å². The van der Waals surface area contributed by atoms with Crippen LogP contribution >= 0.6 is 0 Å². The lowest BCUT2D eigenvalue weighted by Crippen LogP contribution is -2.14. The van der Waals surface area contributed by atoms with Gasteiger partial charge in [0.05, 0.1) is 12.7 Å². The molecule has 0 amide bonds. The van der Waals surface area contributed by atoms with Crippen LogP contribution in [0.1, 0.15) is 19.3 Å². The molecule has 3 rings (SSSR count). The molecule has 3 fully saturated rings. The summed E-state index contributed by atoms with van der Waals surface area (Å²) in [5.41, 5.74) is 0. The monoisotopic (exact) mass is 142 g/mol. The number of hydrogen-bond acceptors (Lipinski definition) is 1. The zero-order valence-corrected chi connectivity index (χ0v) is 6.05. The van der Waals surface area contributed by atoms with Crippen LogP contribution in [0, 0.1) is 17.8 Å². The van der Waals surface area contributed by atoms with Crippen molar-refractivity contribution in [3.8, 4) is 0 Å². The summed E-state index contributed by atoms with van der Waals surface area (Å²) in [6.07, 6.45) is 5.08. The van der Waals surface area contributed by atoms with Gasteiger partial charge in [0.2, 0.25) is 0 Å². The Morgan fingerprint density at radius 3 is 2.60 bits per heavy atom. The van der Waals surface area contributed by atoms with Crippen LogP contribution in [0.4, 0.5) is 0 Å². The second kappa shape index (κ2) is 1.95. The zero-order chi connectivity index (χ0) is 5.84. The van der Waals surface area contributed by atoms with Crippen LogP contribution < -0.4 is 0 Å². The van der Waals surface area contributed by atoms with Crippen LogP contribution in [0.15, 0.2) is 0 Å². The van der Waals surface area contributed by atoms with E-state index in [9.17, 15) is 0 Å². The Bertz CT molecular complexity index is 129. The molecule has 58 valence electrons. The van der Waals surface area contributed by atoms with Crippen molar-refractivity contribution in [2.24, 2.45) is 17.8 Å². The predicted octanol–water partition coefficient (Wildman–Crippen LogP) is 0.607. The van der Waals surface area contributed by atoms with Crippen LogP contribution in [0.5, 0.6) is 0 Å². The summed E-state index contributed by atoms with van der Waals surface area (Å²) in [5, 5.41) is 0. The van der Waals surface area contributed by atoms with Gasteiger partial charge in [-0.3, -0.25) is 0 Å². The quantitative estimate of drug-likeness (QED) is 0.488. The Morgan fingerprint density at radius 1 is 1.10 bits per heavy atom. The summed E-state index contributed by atoms with van der Waals surface area (Å²) in [6, 6.07) is 0. The van der Waals surface area contributed by atoms with Crippen molar-refractivity contribution < 1.29 is 10.2 Å². The van der Waals surface area contributed by atoms with E-state index < -0.39 is 0 Å². The fraction of sp³-hybridized carbons (Fsp3) is 1.00. The summed E-state index contributed by atoms with van der Waals surface area (Å²) < 4.78 is 5.63. The normalized spacial score (nSPS) is 55.2. The first-order valence-corrected chi connectivity index (χ1v) is 4.05. The SMILES string of the molecule is C1OC2CC3CC1C2C3.O. The molecule has 4 unspecified atom stereocenters. The average Bonchev–Trinajstić information content (AvgIpc) is 2.35. The van der Waals surface area contributed by atoms with Gasteiger partial charge >= 0.3 is 0 Å². The van der Waals surface area contributed by atoms with Crippen LogP contribution in [-0.2, 0) is 4.74 Å². The lowest BCUT2D eigenvalue weighted by molar-refractivity contribution is 0.102. The summed E-state index contributed by atoms with van der Waals surface area (Å²) >= 11 is 0. The van der Waals surface area contributed by atoms with Crippen LogP contribution in [-0.4, -0.2) is 18.2 Å². The topological polar surface area (TPSA) is 40.7 Å². The van der Waals surface area contributed by atoms with Gasteiger partial charge in [0.1, 0.15) is 0 Å². The molecule has 0 spiro atoms. The van der Waals surface area contributed by atoms with E-state index in [0.717, 1.165) is 24.4 Å². The summed E-state index contributed by atoms with van der Waals surface area (Å²) in [4.78, 5) is 0. The maximum atomic E-state index is 5.63. The summed E-state index contributed by atoms with van der Waals surface area (Å²) in [7, 11) is 0. The molecule has 2 aliphatic carbocycles. The Labute approximate surface area is 60.9 Å². The van der Waals surface area contributed by atoms with Crippen LogP contribution in [0.2, 0.25) is 0 Å². The van der Waals surface area contributed by atoms with E-state index in [4.69, 9.17) is 4.74 Å². The Hall–Kier alpha value is -0.0800. The molecule has 2 bridgehead atoms. The van der Waals surface area contributed by atoms with Gasteiger partial charge in [-0.15, -0.1) is 0 Å². The van der Waals surface area contributed by atoms with Crippen molar-refractivity contribution in [1.29, 1.82) is 0 Å². The molecule has 0 radical (unpaired) electrons. The van der Waals surface area contributed by atoms with Gasteiger partial charge in [-0.25, -0.2) is 0 Å². The minimum atomic E-state index is 0. The van der Waals surface area contributed by atoms with Gasteiger partial charge in [-0.05, 0) is 37.0 Å². The van der Waals surface area contributed by atoms with E-state index in [-0.39, 0.29) is 5.48 Å². The van der Waals surface area contributed by atoms with Gasteiger partial charge < -0.3 is 10.2 Å². The minimum Gasteiger partial charge on any atom is -0.412 e. The highest BCUT2D eigenvalue weighted by Crippen LogP contribution is 2.53. The lowest BCUT2D eigenvalue weighted by Gasteiger charge is -2.14. The van der Waals surface area contributed by atoms with E-state index in [1.165, 1.54) is 19.3 Å². The molecular formula is C8H14O2. The molecule has 0 aromatic rings. The van der Waals surface area contributed by atoms with Crippen molar-refractivity contribution in [3.63, 3.8) is 0 Å². The number of ether oxygens (including phenoxy) is 1. The highest BCUT2D eigenvalue weighted by molar-refractivity contribution is 4.99. The molecule has 2 saturated carbocycles. The molecule has 10 heavy (non-hydrogen) atoms. The maximum Gasteiger partial charge on any atom is 0.0609 e. The standard InChI is InChI=1S/C8H12O.H2O/c1-5-2-7-6(1)4-9-8(7)3-5;/h5-8H,1-4H2;1H2. The van der Waals surface area contributed by atoms with Gasteiger partial charge in [0, 0.05) is 0 Å². The zero-order valence-electron chi connectivity index (χ0n) is 6.05. The fourth-order valence-electron chi connectivity index (χ4n) is 3.06. The summed E-state index contributed by atoms with van der Waals surface area (Å²) in [6.45, 7) is 1.09. The fourth-order valence-corrected chi connectivity index (χ4v) is 3.06. The van der Waals surface area contributed by atoms with E-state index in [2.05, 4.69) is 0 Å². The predicted molar refractivity (Wildman–Crippen MR) is 37.7 cm³/mol.